The molecule has 3 aromatic rings. The van der Waals surface area contributed by atoms with Crippen LogP contribution in [0, 0.1) is 0 Å². The second kappa shape index (κ2) is 9.31. The Bertz CT molecular complexity index is 964. The number of aromatic amines is 1. The van der Waals surface area contributed by atoms with Gasteiger partial charge in [0.15, 0.2) is 11.5 Å². The minimum absolute atomic E-state index is 0.331. The molecule has 2 aromatic carbocycles. The van der Waals surface area contributed by atoms with Crippen LogP contribution in [-0.4, -0.2) is 56.6 Å². The maximum absolute atomic E-state index is 5.53. The van der Waals surface area contributed by atoms with Crippen LogP contribution in [0.4, 0.5) is 0 Å². The second-order valence-corrected chi connectivity index (χ2v) is 7.73. The molecule has 0 bridgehead atoms. The molecule has 0 aliphatic carbocycles. The average Bonchev–Trinajstić information content (AvgIpc) is 3.48. The Morgan fingerprint density at radius 3 is 2.10 bits per heavy atom. The van der Waals surface area contributed by atoms with Crippen LogP contribution < -0.4 is 18.9 Å². The molecular weight excluding hydrogens is 394 g/mol. The van der Waals surface area contributed by atoms with Gasteiger partial charge in [0.25, 0.3) is 0 Å². The van der Waals surface area contributed by atoms with Crippen LogP contribution in [0.1, 0.15) is 28.7 Å². The van der Waals surface area contributed by atoms with E-state index in [4.69, 9.17) is 18.9 Å². The lowest BCUT2D eigenvalue weighted by Gasteiger charge is -2.19. The van der Waals surface area contributed by atoms with Crippen molar-refractivity contribution in [3.05, 3.63) is 65.5 Å². The Labute approximate surface area is 182 Å². The number of nitrogens with zero attached hydrogens (tertiary/aromatic N) is 2. The third-order valence-corrected chi connectivity index (χ3v) is 5.99. The van der Waals surface area contributed by atoms with Crippen molar-refractivity contribution >= 4 is 0 Å². The van der Waals surface area contributed by atoms with Gasteiger partial charge >= 0.3 is 0 Å². The third kappa shape index (κ3) is 4.32. The van der Waals surface area contributed by atoms with Gasteiger partial charge in [-0.05, 0) is 41.5 Å². The van der Waals surface area contributed by atoms with E-state index in [1.54, 1.807) is 28.4 Å². The third-order valence-electron chi connectivity index (χ3n) is 5.99. The summed E-state index contributed by atoms with van der Waals surface area (Å²) in [7, 11) is 6.60. The normalized spacial score (nSPS) is 18.7. The Kier molecular flexibility index (Phi) is 6.32. The molecule has 7 heteroatoms. The topological polar surface area (TPSA) is 68.8 Å². The number of likely N-dealkylation sites (tertiary alicyclic amines) is 1. The first kappa shape index (κ1) is 21.1. The van der Waals surface area contributed by atoms with E-state index in [2.05, 4.69) is 33.3 Å². The predicted molar refractivity (Wildman–Crippen MR) is 118 cm³/mol. The molecule has 164 valence electrons. The first-order valence-corrected chi connectivity index (χ1v) is 10.3. The molecular formula is C24H29N3O4. The van der Waals surface area contributed by atoms with Crippen molar-refractivity contribution in [2.75, 3.05) is 41.5 Å². The maximum atomic E-state index is 5.53. The summed E-state index contributed by atoms with van der Waals surface area (Å²) >= 11 is 0. The molecule has 0 saturated carbocycles. The average molecular weight is 424 g/mol. The minimum atomic E-state index is 0.331. The zero-order valence-electron chi connectivity index (χ0n) is 18.4. The van der Waals surface area contributed by atoms with Crippen LogP contribution in [-0.2, 0) is 6.54 Å². The number of nitrogens with one attached hydrogen (secondary N) is 1. The van der Waals surface area contributed by atoms with Crippen molar-refractivity contribution in [1.82, 2.24) is 15.1 Å². The number of hydrogen-bond acceptors (Lipinski definition) is 6. The first-order chi connectivity index (χ1) is 15.2. The molecule has 0 amide bonds. The molecule has 1 aliphatic rings. The second-order valence-electron chi connectivity index (χ2n) is 7.73. The van der Waals surface area contributed by atoms with Crippen LogP contribution >= 0.6 is 0 Å². The number of H-pyrrole nitrogens is 1. The standard InChI is InChI=1S/C24H29N3O4/c1-28-18-7-5-17(6-8-18)19-14-27(15-20(19)21-9-10-25-26-21)13-16-11-22(29-2)24(31-4)23(12-16)30-3/h5-12,19-20H,13-15H2,1-4H3,(H,25,26)/t19-,20+/m0/s1. The fourth-order valence-electron chi connectivity index (χ4n) is 4.48. The molecule has 1 N–H and O–H groups in total. The summed E-state index contributed by atoms with van der Waals surface area (Å²) in [6, 6.07) is 14.5. The lowest BCUT2D eigenvalue weighted by Crippen LogP contribution is -2.20. The smallest absolute Gasteiger partial charge is 0.203 e. The van der Waals surface area contributed by atoms with Gasteiger partial charge in [0, 0.05) is 43.4 Å². The van der Waals surface area contributed by atoms with E-state index in [0.717, 1.165) is 36.6 Å². The quantitative estimate of drug-likeness (QED) is 0.594. The largest absolute Gasteiger partial charge is 0.497 e. The summed E-state index contributed by atoms with van der Waals surface area (Å²) in [5.74, 6) is 3.52. The highest BCUT2D eigenvalue weighted by Crippen LogP contribution is 2.42. The molecule has 0 spiro atoms. The van der Waals surface area contributed by atoms with E-state index >= 15 is 0 Å². The van der Waals surface area contributed by atoms with Crippen molar-refractivity contribution in [2.45, 2.75) is 18.4 Å². The lowest BCUT2D eigenvalue weighted by atomic mass is 9.87. The van der Waals surface area contributed by atoms with Gasteiger partial charge in [-0.15, -0.1) is 0 Å². The number of methoxy groups -OCH3 is 4. The maximum Gasteiger partial charge on any atom is 0.203 e. The fraction of sp³-hybridized carbons (Fsp3) is 0.375. The van der Waals surface area contributed by atoms with Gasteiger partial charge in [0.05, 0.1) is 28.4 Å². The molecule has 1 fully saturated rings. The van der Waals surface area contributed by atoms with Crippen LogP contribution in [0.5, 0.6) is 23.0 Å². The fourth-order valence-corrected chi connectivity index (χ4v) is 4.48. The van der Waals surface area contributed by atoms with E-state index in [-0.39, 0.29) is 0 Å². The molecule has 1 saturated heterocycles. The summed E-state index contributed by atoms with van der Waals surface area (Å²) in [6.07, 6.45) is 1.82. The van der Waals surface area contributed by atoms with Gasteiger partial charge in [-0.2, -0.15) is 5.10 Å². The molecule has 7 nitrogen and oxygen atoms in total. The minimum Gasteiger partial charge on any atom is -0.497 e. The number of benzene rings is 2. The molecule has 0 radical (unpaired) electrons. The van der Waals surface area contributed by atoms with E-state index in [9.17, 15) is 0 Å². The highest BCUT2D eigenvalue weighted by Gasteiger charge is 2.35. The zero-order chi connectivity index (χ0) is 21.8. The highest BCUT2D eigenvalue weighted by atomic mass is 16.5. The summed E-state index contributed by atoms with van der Waals surface area (Å²) in [5.41, 5.74) is 3.58. The van der Waals surface area contributed by atoms with E-state index < -0.39 is 0 Å². The summed E-state index contributed by atoms with van der Waals surface area (Å²) in [4.78, 5) is 2.46. The molecule has 2 atom stereocenters. The zero-order valence-corrected chi connectivity index (χ0v) is 18.4. The molecule has 0 unspecified atom stereocenters. The number of ether oxygens (including phenoxy) is 4. The van der Waals surface area contributed by atoms with Gasteiger partial charge in [0.1, 0.15) is 5.75 Å². The molecule has 1 aliphatic heterocycles. The monoisotopic (exact) mass is 423 g/mol. The van der Waals surface area contributed by atoms with Crippen molar-refractivity contribution in [2.24, 2.45) is 0 Å². The summed E-state index contributed by atoms with van der Waals surface area (Å²) in [6.45, 7) is 2.65. The SMILES string of the molecule is COc1ccc([C@@H]2CN(Cc3cc(OC)c(OC)c(OC)c3)C[C@H]2c2ccn[nH]2)cc1. The molecule has 31 heavy (non-hydrogen) atoms. The van der Waals surface area contributed by atoms with Crippen LogP contribution in [0.25, 0.3) is 0 Å². The van der Waals surface area contributed by atoms with Crippen LogP contribution in [0.3, 0.4) is 0 Å². The van der Waals surface area contributed by atoms with Crippen molar-refractivity contribution < 1.29 is 18.9 Å². The van der Waals surface area contributed by atoms with Gasteiger partial charge < -0.3 is 18.9 Å². The lowest BCUT2D eigenvalue weighted by molar-refractivity contribution is 0.311. The van der Waals surface area contributed by atoms with E-state index in [1.165, 1.54) is 5.56 Å². The van der Waals surface area contributed by atoms with Crippen LogP contribution in [0.2, 0.25) is 0 Å². The number of rotatable bonds is 8. The Morgan fingerprint density at radius 2 is 1.55 bits per heavy atom. The van der Waals surface area contributed by atoms with Gasteiger partial charge in [-0.25, -0.2) is 0 Å². The Hall–Kier alpha value is -3.19. The van der Waals surface area contributed by atoms with Crippen molar-refractivity contribution in [3.8, 4) is 23.0 Å². The first-order valence-electron chi connectivity index (χ1n) is 10.3. The Balaban J connectivity index is 1.60. The van der Waals surface area contributed by atoms with Crippen molar-refractivity contribution in [3.63, 3.8) is 0 Å². The van der Waals surface area contributed by atoms with Gasteiger partial charge in [-0.3, -0.25) is 10.00 Å². The number of hydrogen-bond donors (Lipinski definition) is 1. The molecule has 4 rings (SSSR count). The molecule has 2 heterocycles. The highest BCUT2D eigenvalue weighted by molar-refractivity contribution is 5.53. The van der Waals surface area contributed by atoms with Gasteiger partial charge in [-0.1, -0.05) is 12.1 Å². The predicted octanol–water partition coefficient (Wildman–Crippen LogP) is 3.83. The van der Waals surface area contributed by atoms with Gasteiger partial charge in [0.2, 0.25) is 5.75 Å². The Morgan fingerprint density at radius 1 is 0.871 bits per heavy atom. The van der Waals surface area contributed by atoms with E-state index in [0.29, 0.717) is 29.1 Å². The molecule has 1 aromatic heterocycles. The summed E-state index contributed by atoms with van der Waals surface area (Å²) in [5, 5.41) is 7.36. The van der Waals surface area contributed by atoms with Crippen molar-refractivity contribution in [1.29, 1.82) is 0 Å². The number of aromatic nitrogens is 2. The summed E-state index contributed by atoms with van der Waals surface area (Å²) < 4.78 is 21.8. The van der Waals surface area contributed by atoms with E-state index in [1.807, 2.05) is 30.5 Å². The van der Waals surface area contributed by atoms with Crippen LogP contribution in [0.15, 0.2) is 48.7 Å².